The standard InChI is InChI=1S/C22H23BrFN3O/c1-5-27-20-11-19(24)16(10-18(20)14(2)12-22(27,3)4)13-25-26-21(28)15-7-6-8-17(23)9-15/h6-13H,5H2,1-4H3,(H,26,28)/b25-13-. The lowest BCUT2D eigenvalue weighted by Gasteiger charge is -2.42. The van der Waals surface area contributed by atoms with E-state index in [1.54, 1.807) is 30.3 Å². The summed E-state index contributed by atoms with van der Waals surface area (Å²) in [7, 11) is 0. The van der Waals surface area contributed by atoms with Crippen LogP contribution in [0.2, 0.25) is 0 Å². The smallest absolute Gasteiger partial charge is 0.271 e. The number of nitrogens with zero attached hydrogens (tertiary/aromatic N) is 2. The molecule has 1 N–H and O–H groups in total. The Labute approximate surface area is 173 Å². The minimum atomic E-state index is -0.372. The number of carbonyl (C=O) groups is 1. The zero-order chi connectivity index (χ0) is 20.5. The molecule has 0 saturated heterocycles. The van der Waals surface area contributed by atoms with Crippen molar-refractivity contribution >= 4 is 39.3 Å². The maximum absolute atomic E-state index is 14.7. The molecule has 1 heterocycles. The monoisotopic (exact) mass is 443 g/mol. The van der Waals surface area contributed by atoms with Crippen LogP contribution in [-0.2, 0) is 0 Å². The van der Waals surface area contributed by atoms with Crippen molar-refractivity contribution in [2.75, 3.05) is 11.4 Å². The first-order valence-corrected chi connectivity index (χ1v) is 9.92. The molecule has 146 valence electrons. The summed E-state index contributed by atoms with van der Waals surface area (Å²) >= 11 is 3.33. The molecule has 28 heavy (non-hydrogen) atoms. The molecule has 1 aliphatic heterocycles. The average Bonchev–Trinajstić information content (AvgIpc) is 2.62. The van der Waals surface area contributed by atoms with E-state index in [-0.39, 0.29) is 17.3 Å². The molecule has 0 spiro atoms. The molecule has 1 aliphatic rings. The van der Waals surface area contributed by atoms with E-state index in [4.69, 9.17) is 0 Å². The Bertz CT molecular complexity index is 982. The molecule has 0 unspecified atom stereocenters. The molecule has 0 bridgehead atoms. The van der Waals surface area contributed by atoms with Crippen molar-refractivity contribution in [2.24, 2.45) is 5.10 Å². The van der Waals surface area contributed by atoms with Crippen molar-refractivity contribution in [1.29, 1.82) is 0 Å². The summed E-state index contributed by atoms with van der Waals surface area (Å²) in [6, 6.07) is 10.3. The first-order chi connectivity index (χ1) is 13.2. The lowest BCUT2D eigenvalue weighted by molar-refractivity contribution is 0.0955. The predicted molar refractivity (Wildman–Crippen MR) is 116 cm³/mol. The first kappa shape index (κ1) is 20.3. The van der Waals surface area contributed by atoms with E-state index in [9.17, 15) is 9.18 Å². The van der Waals surface area contributed by atoms with E-state index in [0.717, 1.165) is 27.8 Å². The van der Waals surface area contributed by atoms with Gasteiger partial charge in [-0.25, -0.2) is 9.82 Å². The third-order valence-electron chi connectivity index (χ3n) is 4.87. The minimum absolute atomic E-state index is 0.175. The van der Waals surface area contributed by atoms with Gasteiger partial charge in [0.25, 0.3) is 5.91 Å². The fourth-order valence-corrected chi connectivity index (χ4v) is 4.05. The number of hydrazone groups is 1. The number of amides is 1. The third kappa shape index (κ3) is 4.02. The summed E-state index contributed by atoms with van der Waals surface area (Å²) in [6.07, 6.45) is 3.53. The highest BCUT2D eigenvalue weighted by molar-refractivity contribution is 9.10. The number of anilines is 1. The first-order valence-electron chi connectivity index (χ1n) is 9.13. The number of hydrogen-bond acceptors (Lipinski definition) is 3. The van der Waals surface area contributed by atoms with Crippen LogP contribution in [0.5, 0.6) is 0 Å². The second-order valence-corrected chi connectivity index (χ2v) is 8.24. The Kier molecular flexibility index (Phi) is 5.70. The molecule has 0 aromatic heterocycles. The quantitative estimate of drug-likeness (QED) is 0.509. The molecule has 0 saturated carbocycles. The number of nitrogens with one attached hydrogen (secondary N) is 1. The van der Waals surface area contributed by atoms with Gasteiger partial charge in [0.1, 0.15) is 5.82 Å². The van der Waals surface area contributed by atoms with Gasteiger partial charge in [-0.3, -0.25) is 4.79 Å². The van der Waals surface area contributed by atoms with Gasteiger partial charge in [-0.2, -0.15) is 5.10 Å². The minimum Gasteiger partial charge on any atom is -0.363 e. The maximum Gasteiger partial charge on any atom is 0.271 e. The summed E-state index contributed by atoms with van der Waals surface area (Å²) in [5, 5.41) is 3.94. The van der Waals surface area contributed by atoms with Crippen molar-refractivity contribution in [3.05, 3.63) is 69.5 Å². The molecule has 0 aliphatic carbocycles. The van der Waals surface area contributed by atoms with Crippen molar-refractivity contribution in [3.8, 4) is 0 Å². The van der Waals surface area contributed by atoms with E-state index < -0.39 is 0 Å². The number of hydrogen-bond donors (Lipinski definition) is 1. The van der Waals surface area contributed by atoms with Crippen LogP contribution in [0.1, 0.15) is 49.2 Å². The van der Waals surface area contributed by atoms with Gasteiger partial charge in [-0.1, -0.05) is 28.1 Å². The van der Waals surface area contributed by atoms with Crippen LogP contribution in [-0.4, -0.2) is 24.2 Å². The van der Waals surface area contributed by atoms with Gasteiger partial charge in [-0.05, 0) is 63.6 Å². The van der Waals surface area contributed by atoms with Crippen molar-refractivity contribution in [2.45, 2.75) is 33.2 Å². The topological polar surface area (TPSA) is 44.7 Å². The van der Waals surface area contributed by atoms with Crippen LogP contribution in [0.4, 0.5) is 10.1 Å². The fourth-order valence-electron chi connectivity index (χ4n) is 3.65. The van der Waals surface area contributed by atoms with Crippen molar-refractivity contribution in [3.63, 3.8) is 0 Å². The summed E-state index contributed by atoms with van der Waals surface area (Å²) in [4.78, 5) is 14.3. The van der Waals surface area contributed by atoms with Crippen molar-refractivity contribution in [1.82, 2.24) is 5.43 Å². The number of allylic oxidation sites excluding steroid dienone is 1. The Morgan fingerprint density at radius 3 is 2.75 bits per heavy atom. The average molecular weight is 444 g/mol. The van der Waals surface area contributed by atoms with Gasteiger partial charge in [0, 0.05) is 33.4 Å². The SMILES string of the molecule is CCN1c2cc(F)c(/C=N\NC(=O)c3cccc(Br)c3)cc2C(C)=CC1(C)C. The molecule has 0 radical (unpaired) electrons. The maximum atomic E-state index is 14.7. The van der Waals surface area contributed by atoms with Gasteiger partial charge in [-0.15, -0.1) is 0 Å². The normalized spacial score (nSPS) is 15.4. The van der Waals surface area contributed by atoms with E-state index >= 15 is 0 Å². The summed E-state index contributed by atoms with van der Waals surface area (Å²) in [6.45, 7) is 9.10. The number of likely N-dealkylation sites (N-methyl/N-ethyl adjacent to an activating group) is 1. The van der Waals surface area contributed by atoms with Crippen LogP contribution in [0.3, 0.4) is 0 Å². The van der Waals surface area contributed by atoms with Gasteiger partial charge < -0.3 is 4.90 Å². The van der Waals surface area contributed by atoms with E-state index in [1.165, 1.54) is 6.21 Å². The second-order valence-electron chi connectivity index (χ2n) is 7.33. The molecule has 1 amide bonds. The predicted octanol–water partition coefficient (Wildman–Crippen LogP) is 5.37. The zero-order valence-electron chi connectivity index (χ0n) is 16.4. The van der Waals surface area contributed by atoms with E-state index in [0.29, 0.717) is 11.1 Å². The van der Waals surface area contributed by atoms with Crippen LogP contribution in [0.25, 0.3) is 5.57 Å². The van der Waals surface area contributed by atoms with Gasteiger partial charge in [0.2, 0.25) is 0 Å². The number of halogens is 2. The number of fused-ring (bicyclic) bond motifs is 1. The van der Waals surface area contributed by atoms with E-state index in [2.05, 4.69) is 58.2 Å². The molecule has 2 aromatic carbocycles. The highest BCUT2D eigenvalue weighted by Gasteiger charge is 2.30. The Balaban J connectivity index is 1.85. The zero-order valence-corrected chi connectivity index (χ0v) is 18.0. The molecule has 4 nitrogen and oxygen atoms in total. The molecule has 2 aromatic rings. The van der Waals surface area contributed by atoms with Gasteiger partial charge in [0.05, 0.1) is 11.8 Å². The van der Waals surface area contributed by atoms with E-state index in [1.807, 2.05) is 13.0 Å². The van der Waals surface area contributed by atoms with Crippen LogP contribution in [0, 0.1) is 5.82 Å². The lowest BCUT2D eigenvalue weighted by Crippen LogP contribution is -2.45. The summed E-state index contributed by atoms with van der Waals surface area (Å²) in [5.74, 6) is -0.728. The molecule has 0 atom stereocenters. The Morgan fingerprint density at radius 1 is 1.32 bits per heavy atom. The summed E-state index contributed by atoms with van der Waals surface area (Å²) < 4.78 is 15.5. The Hall–Kier alpha value is -2.47. The second kappa shape index (κ2) is 7.87. The third-order valence-corrected chi connectivity index (χ3v) is 5.36. The summed E-state index contributed by atoms with van der Waals surface area (Å²) in [5.41, 5.74) is 6.01. The highest BCUT2D eigenvalue weighted by atomic mass is 79.9. The molecular formula is C22H23BrFN3O. The molecule has 6 heteroatoms. The van der Waals surface area contributed by atoms with Crippen LogP contribution >= 0.6 is 15.9 Å². The fraction of sp³-hybridized carbons (Fsp3) is 0.273. The molecule has 0 fully saturated rings. The van der Waals surface area contributed by atoms with Gasteiger partial charge in [0.15, 0.2) is 0 Å². The largest absolute Gasteiger partial charge is 0.363 e. The highest BCUT2D eigenvalue weighted by Crippen LogP contribution is 2.39. The number of benzene rings is 2. The van der Waals surface area contributed by atoms with Crippen molar-refractivity contribution < 1.29 is 9.18 Å². The molecule has 3 rings (SSSR count). The van der Waals surface area contributed by atoms with Gasteiger partial charge >= 0.3 is 0 Å². The number of carbonyl (C=O) groups excluding carboxylic acids is 1. The molecular weight excluding hydrogens is 421 g/mol. The van der Waals surface area contributed by atoms with Crippen LogP contribution in [0.15, 0.2) is 52.0 Å². The Morgan fingerprint density at radius 2 is 2.07 bits per heavy atom. The number of rotatable bonds is 4. The van der Waals surface area contributed by atoms with Crippen LogP contribution < -0.4 is 10.3 Å². The lowest BCUT2D eigenvalue weighted by atomic mass is 9.88.